The highest BCUT2D eigenvalue weighted by Crippen LogP contribution is 2.25. The van der Waals surface area contributed by atoms with Crippen molar-refractivity contribution in [2.45, 2.75) is 33.1 Å². The highest BCUT2D eigenvalue weighted by atomic mass is 16.4. The number of aryl methyl sites for hydroxylation is 2. The molecular weight excluding hydrogens is 340 g/mol. The smallest absolute Gasteiger partial charge is 0.302 e. The van der Waals surface area contributed by atoms with Gasteiger partial charge in [0.2, 0.25) is 5.95 Å². The molecule has 4 rings (SSSR count). The molecule has 0 spiro atoms. The van der Waals surface area contributed by atoms with E-state index >= 15 is 0 Å². The second-order valence-electron chi connectivity index (χ2n) is 6.84. The molecule has 2 aromatic carbocycles. The minimum atomic E-state index is 0.160. The molecule has 0 saturated heterocycles. The number of benzene rings is 2. The second-order valence-corrected chi connectivity index (χ2v) is 6.84. The first kappa shape index (κ1) is 17.3. The summed E-state index contributed by atoms with van der Waals surface area (Å²) in [4.78, 5) is 21.4. The summed E-state index contributed by atoms with van der Waals surface area (Å²) >= 11 is 0. The zero-order chi connectivity index (χ0) is 19.0. The fourth-order valence-electron chi connectivity index (χ4n) is 3.15. The lowest BCUT2D eigenvalue weighted by Crippen LogP contribution is -1.99. The summed E-state index contributed by atoms with van der Waals surface area (Å²) in [6, 6.07) is 11.9. The molecule has 2 heterocycles. The van der Waals surface area contributed by atoms with Crippen molar-refractivity contribution in [2.75, 3.05) is 5.32 Å². The van der Waals surface area contributed by atoms with Crippen LogP contribution in [0.25, 0.3) is 22.1 Å². The zero-order valence-electron chi connectivity index (χ0n) is 15.7. The summed E-state index contributed by atoms with van der Waals surface area (Å²) in [6.45, 7) is 4.10. The number of oxazole rings is 1. The summed E-state index contributed by atoms with van der Waals surface area (Å²) < 4.78 is 7.71. The number of ketones is 1. The van der Waals surface area contributed by atoms with Gasteiger partial charge >= 0.3 is 6.01 Å². The van der Waals surface area contributed by atoms with Crippen molar-refractivity contribution in [1.82, 2.24) is 14.5 Å². The normalized spacial score (nSPS) is 11.4. The summed E-state index contributed by atoms with van der Waals surface area (Å²) in [5, 5.41) is 3.14. The minimum Gasteiger partial charge on any atom is -0.423 e. The molecule has 0 aliphatic rings. The molecule has 27 heavy (non-hydrogen) atoms. The molecule has 138 valence electrons. The van der Waals surface area contributed by atoms with E-state index in [1.807, 2.05) is 54.9 Å². The Morgan fingerprint density at radius 2 is 2.00 bits per heavy atom. The number of carbonyl (C=O) groups is 1. The van der Waals surface area contributed by atoms with E-state index in [2.05, 4.69) is 22.2 Å². The molecule has 0 bridgehead atoms. The van der Waals surface area contributed by atoms with E-state index in [0.29, 0.717) is 23.9 Å². The van der Waals surface area contributed by atoms with Gasteiger partial charge in [-0.3, -0.25) is 10.1 Å². The van der Waals surface area contributed by atoms with E-state index in [9.17, 15) is 4.79 Å². The molecular formula is C21H22N4O2. The number of imidazole rings is 1. The largest absolute Gasteiger partial charge is 0.423 e. The maximum atomic E-state index is 12.3. The third-order valence-corrected chi connectivity index (χ3v) is 4.72. The molecule has 1 N–H and O–H groups in total. The average molecular weight is 362 g/mol. The molecule has 6 nitrogen and oxygen atoms in total. The Labute approximate surface area is 157 Å². The number of aromatic nitrogens is 3. The first-order valence-corrected chi connectivity index (χ1v) is 9.19. The maximum Gasteiger partial charge on any atom is 0.302 e. The van der Waals surface area contributed by atoms with Gasteiger partial charge in [-0.25, -0.2) is 4.98 Å². The Hall–Kier alpha value is -3.15. The fourth-order valence-corrected chi connectivity index (χ4v) is 3.15. The quantitative estimate of drug-likeness (QED) is 0.481. The second kappa shape index (κ2) is 6.87. The number of fused-ring (bicyclic) bond motifs is 2. The zero-order valence-corrected chi connectivity index (χ0v) is 15.7. The fraction of sp³-hybridized carbons (Fsp3) is 0.286. The Balaban J connectivity index is 1.64. The summed E-state index contributed by atoms with van der Waals surface area (Å²) in [6.07, 6.45) is 2.49. The summed E-state index contributed by atoms with van der Waals surface area (Å²) in [7, 11) is 1.92. The minimum absolute atomic E-state index is 0.160. The molecule has 0 aliphatic heterocycles. The molecule has 0 saturated carbocycles. The Morgan fingerprint density at radius 1 is 1.15 bits per heavy atom. The van der Waals surface area contributed by atoms with Crippen LogP contribution in [0.15, 0.2) is 40.8 Å². The van der Waals surface area contributed by atoms with Crippen LogP contribution in [0, 0.1) is 6.92 Å². The third kappa shape index (κ3) is 3.30. The number of nitrogens with one attached hydrogen (secondary N) is 1. The molecule has 6 heteroatoms. The van der Waals surface area contributed by atoms with Crippen LogP contribution in [0.4, 0.5) is 12.0 Å². The van der Waals surface area contributed by atoms with Gasteiger partial charge in [0.05, 0.1) is 11.0 Å². The standard InChI is InChI=1S/C21H22N4O2/c1-4-5-6-18(26)14-8-10-17-16(12-14)22-20(25(17)3)24-21-23-15-9-7-13(2)11-19(15)27-21/h7-12H,4-6H2,1-3H3,(H,22,23,24). The van der Waals surface area contributed by atoms with Gasteiger partial charge in [-0.2, -0.15) is 4.98 Å². The van der Waals surface area contributed by atoms with Crippen molar-refractivity contribution in [1.29, 1.82) is 0 Å². The summed E-state index contributed by atoms with van der Waals surface area (Å²) in [5.74, 6) is 0.777. The van der Waals surface area contributed by atoms with Crippen LogP contribution in [0.1, 0.15) is 42.1 Å². The maximum absolute atomic E-state index is 12.3. The van der Waals surface area contributed by atoms with Crippen LogP contribution in [0.3, 0.4) is 0 Å². The van der Waals surface area contributed by atoms with Crippen LogP contribution < -0.4 is 5.32 Å². The highest BCUT2D eigenvalue weighted by Gasteiger charge is 2.14. The van der Waals surface area contributed by atoms with E-state index in [0.717, 1.165) is 40.5 Å². The third-order valence-electron chi connectivity index (χ3n) is 4.72. The van der Waals surface area contributed by atoms with E-state index in [4.69, 9.17) is 4.42 Å². The lowest BCUT2D eigenvalue weighted by molar-refractivity contribution is 0.0980. The van der Waals surface area contributed by atoms with Crippen molar-refractivity contribution in [2.24, 2.45) is 7.05 Å². The Kier molecular flexibility index (Phi) is 4.39. The van der Waals surface area contributed by atoms with Gasteiger partial charge in [-0.15, -0.1) is 0 Å². The highest BCUT2D eigenvalue weighted by molar-refractivity contribution is 5.99. The first-order valence-electron chi connectivity index (χ1n) is 9.19. The van der Waals surface area contributed by atoms with Gasteiger partial charge in [-0.05, 0) is 49.2 Å². The molecule has 0 amide bonds. The van der Waals surface area contributed by atoms with Gasteiger partial charge in [-0.1, -0.05) is 19.4 Å². The Morgan fingerprint density at radius 3 is 2.81 bits per heavy atom. The van der Waals surface area contributed by atoms with Crippen LogP contribution >= 0.6 is 0 Å². The lowest BCUT2D eigenvalue weighted by Gasteiger charge is -2.02. The molecule has 0 fully saturated rings. The predicted octanol–water partition coefficient (Wildman–Crippen LogP) is 5.14. The topological polar surface area (TPSA) is 73.0 Å². The molecule has 0 unspecified atom stereocenters. The van der Waals surface area contributed by atoms with Gasteiger partial charge in [0.15, 0.2) is 11.4 Å². The van der Waals surface area contributed by atoms with E-state index < -0.39 is 0 Å². The number of rotatable bonds is 6. The van der Waals surface area contributed by atoms with E-state index in [1.54, 1.807) is 0 Å². The van der Waals surface area contributed by atoms with E-state index in [1.165, 1.54) is 0 Å². The number of carbonyl (C=O) groups excluding carboxylic acids is 1. The van der Waals surface area contributed by atoms with Gasteiger partial charge in [0.25, 0.3) is 0 Å². The van der Waals surface area contributed by atoms with Gasteiger partial charge in [0.1, 0.15) is 5.52 Å². The van der Waals surface area contributed by atoms with Gasteiger partial charge in [0, 0.05) is 19.0 Å². The van der Waals surface area contributed by atoms with Crippen molar-refractivity contribution in [3.05, 3.63) is 47.5 Å². The molecule has 0 radical (unpaired) electrons. The molecule has 4 aromatic rings. The number of hydrogen-bond donors (Lipinski definition) is 1. The Bertz CT molecular complexity index is 1140. The number of Topliss-reactive ketones (excluding diaryl/α,β-unsaturated/α-hetero) is 1. The van der Waals surface area contributed by atoms with Gasteiger partial charge < -0.3 is 8.98 Å². The van der Waals surface area contributed by atoms with Crippen LogP contribution in [-0.2, 0) is 7.05 Å². The van der Waals surface area contributed by atoms with Crippen molar-refractivity contribution in [3.8, 4) is 0 Å². The summed E-state index contributed by atoms with van der Waals surface area (Å²) in [5.41, 5.74) is 5.07. The number of nitrogens with zero attached hydrogens (tertiary/aromatic N) is 3. The SMILES string of the molecule is CCCCC(=O)c1ccc2c(c1)nc(Nc1nc3ccc(C)cc3o1)n2C. The van der Waals surface area contributed by atoms with Crippen LogP contribution in [0.5, 0.6) is 0 Å². The molecule has 0 aliphatic carbocycles. The van der Waals surface area contributed by atoms with Crippen molar-refractivity contribution in [3.63, 3.8) is 0 Å². The number of hydrogen-bond acceptors (Lipinski definition) is 5. The monoisotopic (exact) mass is 362 g/mol. The average Bonchev–Trinajstić information content (AvgIpc) is 3.19. The van der Waals surface area contributed by atoms with Crippen molar-refractivity contribution >= 4 is 39.9 Å². The number of unbranched alkanes of at least 4 members (excludes halogenated alkanes) is 1. The predicted molar refractivity (Wildman–Crippen MR) is 107 cm³/mol. The number of anilines is 2. The van der Waals surface area contributed by atoms with Crippen molar-refractivity contribution < 1.29 is 9.21 Å². The lowest BCUT2D eigenvalue weighted by atomic mass is 10.1. The van der Waals surface area contributed by atoms with Crippen LogP contribution in [0.2, 0.25) is 0 Å². The van der Waals surface area contributed by atoms with Crippen LogP contribution in [-0.4, -0.2) is 20.3 Å². The van der Waals surface area contributed by atoms with E-state index in [-0.39, 0.29) is 5.78 Å². The first-order chi connectivity index (χ1) is 13.0. The molecule has 2 aromatic heterocycles. The molecule has 0 atom stereocenters.